The Morgan fingerprint density at radius 2 is 1.95 bits per heavy atom. The van der Waals surface area contributed by atoms with Crippen molar-refractivity contribution in [1.82, 2.24) is 0 Å². The molecule has 0 heterocycles. The number of rotatable bonds is 3. The van der Waals surface area contributed by atoms with Crippen LogP contribution in [0, 0.1) is 11.3 Å². The molecule has 0 N–H and O–H groups in total. The monoisotopic (exact) mass is 316 g/mol. The van der Waals surface area contributed by atoms with Crippen LogP contribution in [0.4, 0.5) is 11.4 Å². The minimum Gasteiger partial charge on any atom is -0.497 e. The highest BCUT2D eigenvalue weighted by molar-refractivity contribution is 9.10. The number of halogens is 1. The van der Waals surface area contributed by atoms with Crippen LogP contribution in [0.1, 0.15) is 5.56 Å². The van der Waals surface area contributed by atoms with Crippen molar-refractivity contribution in [2.24, 2.45) is 0 Å². The van der Waals surface area contributed by atoms with Crippen LogP contribution >= 0.6 is 15.9 Å². The lowest BCUT2D eigenvalue weighted by atomic mass is 10.2. The molecule has 0 atom stereocenters. The predicted molar refractivity (Wildman–Crippen MR) is 79.9 cm³/mol. The highest BCUT2D eigenvalue weighted by atomic mass is 79.9. The van der Waals surface area contributed by atoms with Crippen LogP contribution in [0.5, 0.6) is 5.75 Å². The normalized spacial score (nSPS) is 9.79. The van der Waals surface area contributed by atoms with Crippen molar-refractivity contribution in [2.45, 2.75) is 0 Å². The number of methoxy groups -OCH3 is 1. The zero-order valence-corrected chi connectivity index (χ0v) is 12.3. The molecule has 19 heavy (non-hydrogen) atoms. The fourth-order valence-corrected chi connectivity index (χ4v) is 2.28. The number of nitriles is 1. The van der Waals surface area contributed by atoms with Crippen LogP contribution in [0.25, 0.3) is 0 Å². The molecule has 4 heteroatoms. The van der Waals surface area contributed by atoms with Gasteiger partial charge in [-0.15, -0.1) is 0 Å². The number of anilines is 2. The summed E-state index contributed by atoms with van der Waals surface area (Å²) in [4.78, 5) is 2.01. The predicted octanol–water partition coefficient (Wildman–Crippen LogP) is 4.10. The van der Waals surface area contributed by atoms with Crippen molar-refractivity contribution < 1.29 is 4.74 Å². The summed E-state index contributed by atoms with van der Waals surface area (Å²) in [5.41, 5.74) is 2.57. The summed E-state index contributed by atoms with van der Waals surface area (Å²) in [5.74, 6) is 0.805. The van der Waals surface area contributed by atoms with Crippen LogP contribution in [0.3, 0.4) is 0 Å². The summed E-state index contributed by atoms with van der Waals surface area (Å²) in [6.45, 7) is 0. The van der Waals surface area contributed by atoms with Gasteiger partial charge >= 0.3 is 0 Å². The molecule has 0 spiro atoms. The van der Waals surface area contributed by atoms with Crippen molar-refractivity contribution in [2.75, 3.05) is 19.1 Å². The molecule has 2 aromatic rings. The number of ether oxygens (including phenoxy) is 1. The summed E-state index contributed by atoms with van der Waals surface area (Å²) in [5, 5.41) is 9.01. The topological polar surface area (TPSA) is 36.3 Å². The summed E-state index contributed by atoms with van der Waals surface area (Å²) in [6, 6.07) is 15.6. The maximum absolute atomic E-state index is 9.01. The lowest BCUT2D eigenvalue weighted by Gasteiger charge is -2.20. The van der Waals surface area contributed by atoms with E-state index in [0.29, 0.717) is 5.56 Å². The van der Waals surface area contributed by atoms with E-state index in [1.54, 1.807) is 13.2 Å². The molecule has 2 aromatic carbocycles. The van der Waals surface area contributed by atoms with Gasteiger partial charge in [-0.3, -0.25) is 0 Å². The molecule has 96 valence electrons. The fourth-order valence-electron chi connectivity index (χ4n) is 1.80. The molecule has 0 aromatic heterocycles. The van der Waals surface area contributed by atoms with Gasteiger partial charge in [0.2, 0.25) is 0 Å². The molecular weight excluding hydrogens is 304 g/mol. The lowest BCUT2D eigenvalue weighted by molar-refractivity contribution is 0.415. The van der Waals surface area contributed by atoms with Gasteiger partial charge in [0.1, 0.15) is 5.75 Å². The van der Waals surface area contributed by atoms with Crippen LogP contribution < -0.4 is 9.64 Å². The maximum Gasteiger partial charge on any atom is 0.120 e. The first-order chi connectivity index (χ1) is 9.13. The third-order valence-electron chi connectivity index (χ3n) is 2.84. The first-order valence-corrected chi connectivity index (χ1v) is 6.52. The van der Waals surface area contributed by atoms with Crippen molar-refractivity contribution in [3.63, 3.8) is 0 Å². The van der Waals surface area contributed by atoms with Gasteiger partial charge in [0, 0.05) is 29.0 Å². The average molecular weight is 317 g/mol. The third-order valence-corrected chi connectivity index (χ3v) is 3.30. The summed E-state index contributed by atoms with van der Waals surface area (Å²) < 4.78 is 6.11. The van der Waals surface area contributed by atoms with Gasteiger partial charge in [-0.2, -0.15) is 5.26 Å². The van der Waals surface area contributed by atoms with Gasteiger partial charge in [-0.1, -0.05) is 22.0 Å². The van der Waals surface area contributed by atoms with E-state index in [2.05, 4.69) is 22.0 Å². The molecule has 0 aliphatic heterocycles. The Labute approximate surface area is 121 Å². The molecule has 2 rings (SSSR count). The first-order valence-electron chi connectivity index (χ1n) is 5.72. The second-order valence-electron chi connectivity index (χ2n) is 4.07. The van der Waals surface area contributed by atoms with Gasteiger partial charge < -0.3 is 9.64 Å². The number of nitrogens with zero attached hydrogens (tertiary/aromatic N) is 2. The average Bonchev–Trinajstić information content (AvgIpc) is 2.45. The van der Waals surface area contributed by atoms with Gasteiger partial charge in [0.25, 0.3) is 0 Å². The third kappa shape index (κ3) is 3.07. The molecule has 0 radical (unpaired) electrons. The largest absolute Gasteiger partial charge is 0.497 e. The number of hydrogen-bond acceptors (Lipinski definition) is 3. The Hall–Kier alpha value is -1.99. The molecular formula is C15H13BrN2O. The van der Waals surface area contributed by atoms with Crippen LogP contribution in [0.15, 0.2) is 46.9 Å². The quantitative estimate of drug-likeness (QED) is 0.855. The van der Waals surface area contributed by atoms with Crippen molar-refractivity contribution in [3.05, 3.63) is 52.5 Å². The summed E-state index contributed by atoms with van der Waals surface area (Å²) >= 11 is 3.42. The smallest absolute Gasteiger partial charge is 0.120 e. The molecule has 0 bridgehead atoms. The summed E-state index contributed by atoms with van der Waals surface area (Å²) in [7, 11) is 3.60. The molecule has 0 unspecified atom stereocenters. The first kappa shape index (κ1) is 13.4. The fraction of sp³-hybridized carbons (Fsp3) is 0.133. The highest BCUT2D eigenvalue weighted by Crippen LogP contribution is 2.29. The van der Waals surface area contributed by atoms with E-state index in [-0.39, 0.29) is 0 Å². The molecule has 0 saturated carbocycles. The van der Waals surface area contributed by atoms with Crippen molar-refractivity contribution in [1.29, 1.82) is 5.26 Å². The van der Waals surface area contributed by atoms with Crippen molar-refractivity contribution >= 4 is 27.3 Å². The van der Waals surface area contributed by atoms with E-state index >= 15 is 0 Å². The van der Waals surface area contributed by atoms with Crippen molar-refractivity contribution in [3.8, 4) is 11.8 Å². The summed E-state index contributed by atoms with van der Waals surface area (Å²) in [6.07, 6.45) is 0. The van der Waals surface area contributed by atoms with Gasteiger partial charge in [0.05, 0.1) is 18.7 Å². The molecule has 0 amide bonds. The molecule has 0 aliphatic carbocycles. The zero-order chi connectivity index (χ0) is 13.8. The van der Waals surface area contributed by atoms with E-state index in [9.17, 15) is 0 Å². The molecule has 0 aliphatic rings. The number of hydrogen-bond donors (Lipinski definition) is 0. The highest BCUT2D eigenvalue weighted by Gasteiger charge is 2.07. The van der Waals surface area contributed by atoms with E-state index in [4.69, 9.17) is 10.00 Å². The lowest BCUT2D eigenvalue weighted by Crippen LogP contribution is -2.09. The van der Waals surface area contributed by atoms with Gasteiger partial charge in [-0.05, 0) is 30.3 Å². The van der Waals surface area contributed by atoms with E-state index < -0.39 is 0 Å². The van der Waals surface area contributed by atoms with Gasteiger partial charge in [-0.25, -0.2) is 0 Å². The Morgan fingerprint density at radius 1 is 1.16 bits per heavy atom. The Bertz CT molecular complexity index is 634. The Balaban J connectivity index is 2.40. The van der Waals surface area contributed by atoms with E-state index in [0.717, 1.165) is 21.6 Å². The van der Waals surface area contributed by atoms with E-state index in [1.165, 1.54) is 0 Å². The Morgan fingerprint density at radius 3 is 2.63 bits per heavy atom. The van der Waals surface area contributed by atoms with Crippen LogP contribution in [-0.2, 0) is 0 Å². The maximum atomic E-state index is 9.01. The Kier molecular flexibility index (Phi) is 4.08. The van der Waals surface area contributed by atoms with Crippen LogP contribution in [-0.4, -0.2) is 14.2 Å². The molecule has 3 nitrogen and oxygen atoms in total. The van der Waals surface area contributed by atoms with Gasteiger partial charge in [0.15, 0.2) is 0 Å². The zero-order valence-electron chi connectivity index (χ0n) is 10.7. The number of benzene rings is 2. The second-order valence-corrected chi connectivity index (χ2v) is 4.99. The van der Waals surface area contributed by atoms with E-state index in [1.807, 2.05) is 48.3 Å². The standard InChI is InChI=1S/C15H13BrN2O/c1-18(13-4-3-5-15(9-13)19-2)14-7-11(10-17)6-12(16)8-14/h3-9H,1-2H3. The van der Waals surface area contributed by atoms with Crippen LogP contribution in [0.2, 0.25) is 0 Å². The second kappa shape index (κ2) is 5.77. The molecule has 0 fully saturated rings. The SMILES string of the molecule is COc1cccc(N(C)c2cc(Br)cc(C#N)c2)c1. The molecule has 0 saturated heterocycles. The minimum atomic E-state index is 0.624. The minimum absolute atomic E-state index is 0.624.